The van der Waals surface area contributed by atoms with Crippen molar-refractivity contribution in [3.05, 3.63) is 17.7 Å². The van der Waals surface area contributed by atoms with Gasteiger partial charge < -0.3 is 15.0 Å². The van der Waals surface area contributed by atoms with Crippen molar-refractivity contribution in [3.8, 4) is 0 Å². The molecular formula is C13H21N3O2. The predicted molar refractivity (Wildman–Crippen MR) is 68.0 cm³/mol. The van der Waals surface area contributed by atoms with E-state index in [1.807, 2.05) is 13.8 Å². The van der Waals surface area contributed by atoms with Crippen molar-refractivity contribution in [2.75, 3.05) is 13.7 Å². The molecule has 5 nitrogen and oxygen atoms in total. The van der Waals surface area contributed by atoms with Crippen LogP contribution < -0.4 is 5.32 Å². The van der Waals surface area contributed by atoms with Crippen molar-refractivity contribution >= 4 is 5.91 Å². The summed E-state index contributed by atoms with van der Waals surface area (Å²) in [5.41, 5.74) is 0.686. The van der Waals surface area contributed by atoms with Crippen LogP contribution in [0.25, 0.3) is 0 Å². The highest BCUT2D eigenvalue weighted by molar-refractivity contribution is 5.84. The lowest BCUT2D eigenvalue weighted by atomic mass is 9.68. The summed E-state index contributed by atoms with van der Waals surface area (Å²) in [5.74, 6) is 0.880. The summed E-state index contributed by atoms with van der Waals surface area (Å²) in [6, 6.07) is -0.0967. The zero-order chi connectivity index (χ0) is 13.2. The van der Waals surface area contributed by atoms with Crippen molar-refractivity contribution in [2.24, 2.45) is 5.41 Å². The summed E-state index contributed by atoms with van der Waals surface area (Å²) in [4.78, 5) is 19.7. The van der Waals surface area contributed by atoms with Gasteiger partial charge in [-0.15, -0.1) is 0 Å². The van der Waals surface area contributed by atoms with E-state index in [1.165, 1.54) is 0 Å². The average Bonchev–Trinajstić information content (AvgIpc) is 2.70. The number of aryl methyl sites for hydroxylation is 1. The topological polar surface area (TPSA) is 67.0 Å². The normalized spacial score (nSPS) is 19.1. The summed E-state index contributed by atoms with van der Waals surface area (Å²) >= 11 is 0. The van der Waals surface area contributed by atoms with Gasteiger partial charge in [0.2, 0.25) is 5.91 Å². The van der Waals surface area contributed by atoms with Gasteiger partial charge in [0.25, 0.3) is 0 Å². The molecule has 5 heteroatoms. The second-order valence-electron chi connectivity index (χ2n) is 5.21. The molecule has 1 aliphatic carbocycles. The standard InChI is InChI=1S/C13H21N3O2/c1-9-7-14-11(15-9)10(2)16-12(17)13(8-18-3)5-4-6-13/h7,10H,4-6,8H2,1-3H3,(H,14,15)(H,16,17)/t10-/m0/s1. The Balaban J connectivity index is 1.98. The number of hydrogen-bond acceptors (Lipinski definition) is 3. The minimum Gasteiger partial charge on any atom is -0.384 e. The molecule has 1 amide bonds. The smallest absolute Gasteiger partial charge is 0.229 e. The molecule has 0 spiro atoms. The van der Waals surface area contributed by atoms with Gasteiger partial charge in [-0.3, -0.25) is 4.79 Å². The first-order valence-electron chi connectivity index (χ1n) is 6.39. The lowest BCUT2D eigenvalue weighted by Gasteiger charge is -2.40. The van der Waals surface area contributed by atoms with Gasteiger partial charge in [-0.25, -0.2) is 4.98 Å². The number of nitrogens with zero attached hydrogens (tertiary/aromatic N) is 1. The molecule has 2 N–H and O–H groups in total. The fourth-order valence-electron chi connectivity index (χ4n) is 2.39. The monoisotopic (exact) mass is 251 g/mol. The molecule has 0 aromatic carbocycles. The molecule has 1 atom stereocenters. The molecule has 0 unspecified atom stereocenters. The summed E-state index contributed by atoms with van der Waals surface area (Å²) < 4.78 is 5.18. The number of hydrogen-bond donors (Lipinski definition) is 2. The van der Waals surface area contributed by atoms with E-state index in [0.717, 1.165) is 30.8 Å². The Morgan fingerprint density at radius 3 is 2.83 bits per heavy atom. The molecular weight excluding hydrogens is 230 g/mol. The maximum atomic E-state index is 12.3. The van der Waals surface area contributed by atoms with Crippen LogP contribution in [0.2, 0.25) is 0 Å². The van der Waals surface area contributed by atoms with Gasteiger partial charge in [-0.1, -0.05) is 6.42 Å². The number of aromatic amines is 1. The van der Waals surface area contributed by atoms with E-state index in [9.17, 15) is 4.79 Å². The van der Waals surface area contributed by atoms with Crippen LogP contribution in [0.4, 0.5) is 0 Å². The highest BCUT2D eigenvalue weighted by Crippen LogP contribution is 2.41. The minimum atomic E-state index is -0.315. The summed E-state index contributed by atoms with van der Waals surface area (Å²) in [5, 5.41) is 3.02. The zero-order valence-electron chi connectivity index (χ0n) is 11.2. The van der Waals surface area contributed by atoms with Crippen molar-refractivity contribution in [1.29, 1.82) is 0 Å². The van der Waals surface area contributed by atoms with Crippen LogP contribution in [0.3, 0.4) is 0 Å². The van der Waals surface area contributed by atoms with Crippen molar-refractivity contribution in [3.63, 3.8) is 0 Å². The summed E-state index contributed by atoms with van der Waals surface area (Å²) in [7, 11) is 1.65. The van der Waals surface area contributed by atoms with Crippen LogP contribution in [-0.2, 0) is 9.53 Å². The van der Waals surface area contributed by atoms with Crippen LogP contribution in [0.15, 0.2) is 6.20 Å². The molecule has 1 heterocycles. The number of rotatable bonds is 5. The second-order valence-corrected chi connectivity index (χ2v) is 5.21. The lowest BCUT2D eigenvalue weighted by molar-refractivity contribution is -0.141. The molecule has 2 rings (SSSR count). The first-order valence-corrected chi connectivity index (χ1v) is 6.39. The Bertz CT molecular complexity index is 424. The number of imidazole rings is 1. The van der Waals surface area contributed by atoms with Crippen molar-refractivity contribution in [1.82, 2.24) is 15.3 Å². The Morgan fingerprint density at radius 1 is 1.67 bits per heavy atom. The molecule has 1 aromatic heterocycles. The third-order valence-corrected chi connectivity index (χ3v) is 3.69. The number of carbonyl (C=O) groups is 1. The Kier molecular flexibility index (Phi) is 3.71. The van der Waals surface area contributed by atoms with Crippen molar-refractivity contribution in [2.45, 2.75) is 39.2 Å². The van der Waals surface area contributed by atoms with E-state index in [4.69, 9.17) is 4.74 Å². The number of ether oxygens (including phenoxy) is 1. The molecule has 1 aliphatic rings. The zero-order valence-corrected chi connectivity index (χ0v) is 11.2. The quantitative estimate of drug-likeness (QED) is 0.837. The molecule has 1 aromatic rings. The van der Waals surface area contributed by atoms with Gasteiger partial charge in [-0.2, -0.15) is 0 Å². The van der Waals surface area contributed by atoms with Gasteiger partial charge in [0.05, 0.1) is 18.1 Å². The van der Waals surface area contributed by atoms with Gasteiger partial charge in [-0.05, 0) is 26.7 Å². The van der Waals surface area contributed by atoms with E-state index in [2.05, 4.69) is 15.3 Å². The molecule has 0 radical (unpaired) electrons. The van der Waals surface area contributed by atoms with E-state index >= 15 is 0 Å². The van der Waals surface area contributed by atoms with E-state index < -0.39 is 0 Å². The average molecular weight is 251 g/mol. The van der Waals surface area contributed by atoms with Gasteiger partial charge >= 0.3 is 0 Å². The highest BCUT2D eigenvalue weighted by atomic mass is 16.5. The van der Waals surface area contributed by atoms with E-state index in [-0.39, 0.29) is 17.4 Å². The van der Waals surface area contributed by atoms with Crippen LogP contribution in [-0.4, -0.2) is 29.6 Å². The van der Waals surface area contributed by atoms with Gasteiger partial charge in [0.1, 0.15) is 5.82 Å². The molecule has 100 valence electrons. The predicted octanol–water partition coefficient (Wildman–Crippen LogP) is 1.71. The largest absolute Gasteiger partial charge is 0.384 e. The Hall–Kier alpha value is -1.36. The maximum absolute atomic E-state index is 12.3. The lowest BCUT2D eigenvalue weighted by Crippen LogP contribution is -2.49. The summed E-state index contributed by atoms with van der Waals surface area (Å²) in [6.45, 7) is 4.39. The highest BCUT2D eigenvalue weighted by Gasteiger charge is 2.44. The minimum absolute atomic E-state index is 0.0807. The first kappa shape index (κ1) is 13.1. The third kappa shape index (κ3) is 2.41. The van der Waals surface area contributed by atoms with Crippen LogP contribution in [0.1, 0.15) is 43.7 Å². The molecule has 1 fully saturated rings. The number of methoxy groups -OCH3 is 1. The van der Waals surface area contributed by atoms with Gasteiger partial charge in [0.15, 0.2) is 0 Å². The van der Waals surface area contributed by atoms with E-state index in [1.54, 1.807) is 13.3 Å². The fraction of sp³-hybridized carbons (Fsp3) is 0.692. The van der Waals surface area contributed by atoms with Crippen LogP contribution >= 0.6 is 0 Å². The molecule has 0 aliphatic heterocycles. The first-order chi connectivity index (χ1) is 8.57. The fourth-order valence-corrected chi connectivity index (χ4v) is 2.39. The van der Waals surface area contributed by atoms with Crippen LogP contribution in [0.5, 0.6) is 0 Å². The Labute approximate surface area is 107 Å². The number of aromatic nitrogens is 2. The number of nitrogens with one attached hydrogen (secondary N) is 2. The number of H-pyrrole nitrogens is 1. The Morgan fingerprint density at radius 2 is 2.39 bits per heavy atom. The molecule has 0 bridgehead atoms. The molecule has 1 saturated carbocycles. The maximum Gasteiger partial charge on any atom is 0.229 e. The second kappa shape index (κ2) is 5.10. The third-order valence-electron chi connectivity index (χ3n) is 3.69. The summed E-state index contributed by atoms with van der Waals surface area (Å²) in [6.07, 6.45) is 4.70. The van der Waals surface area contributed by atoms with Gasteiger partial charge in [0, 0.05) is 19.0 Å². The molecule has 0 saturated heterocycles. The number of amides is 1. The number of carbonyl (C=O) groups excluding carboxylic acids is 1. The molecule has 18 heavy (non-hydrogen) atoms. The SMILES string of the molecule is COCC1(C(=O)N[C@@H](C)c2ncc(C)[nH]2)CCC1. The van der Waals surface area contributed by atoms with E-state index in [0.29, 0.717) is 6.61 Å². The van der Waals surface area contributed by atoms with Crippen LogP contribution in [0, 0.1) is 12.3 Å². The van der Waals surface area contributed by atoms with Crippen molar-refractivity contribution < 1.29 is 9.53 Å².